The molecular formula is C26H28FN7O3S. The number of hydrogen-bond acceptors (Lipinski definition) is 9. The molecule has 10 nitrogen and oxygen atoms in total. The third kappa shape index (κ3) is 4.97. The van der Waals surface area contributed by atoms with Gasteiger partial charge in [0.1, 0.15) is 17.2 Å². The number of nitrogens with one attached hydrogen (secondary N) is 2. The molecule has 0 aliphatic heterocycles. The van der Waals surface area contributed by atoms with Gasteiger partial charge in [0.15, 0.2) is 0 Å². The van der Waals surface area contributed by atoms with Crippen molar-refractivity contribution in [2.45, 2.75) is 69.0 Å². The van der Waals surface area contributed by atoms with Crippen LogP contribution in [0.15, 0.2) is 39.8 Å². The summed E-state index contributed by atoms with van der Waals surface area (Å²) in [5.41, 5.74) is 1.33. The Bertz CT molecular complexity index is 1630. The van der Waals surface area contributed by atoms with Crippen LogP contribution in [0.25, 0.3) is 22.4 Å². The fourth-order valence-corrected chi connectivity index (χ4v) is 6.53. The highest BCUT2D eigenvalue weighted by Gasteiger charge is 2.33. The summed E-state index contributed by atoms with van der Waals surface area (Å²) in [6, 6.07) is 7.32. The van der Waals surface area contributed by atoms with E-state index in [0.717, 1.165) is 35.0 Å². The van der Waals surface area contributed by atoms with Crippen molar-refractivity contribution in [1.29, 1.82) is 0 Å². The first-order valence-electron chi connectivity index (χ1n) is 12.6. The third-order valence-electron chi connectivity index (χ3n) is 6.82. The molecule has 3 aromatic heterocycles. The third-order valence-corrected chi connectivity index (χ3v) is 8.35. The Morgan fingerprint density at radius 2 is 1.92 bits per heavy atom. The molecule has 0 saturated heterocycles. The Labute approximate surface area is 219 Å². The number of fused-ring (bicyclic) bond motifs is 2. The molecule has 6 rings (SSSR count). The normalized spacial score (nSPS) is 17.6. The molecule has 1 saturated carbocycles. The lowest BCUT2D eigenvalue weighted by Gasteiger charge is -2.18. The van der Waals surface area contributed by atoms with Crippen molar-refractivity contribution >= 4 is 26.6 Å². The predicted octanol–water partition coefficient (Wildman–Crippen LogP) is 3.87. The number of sulfonamides is 1. The molecule has 1 atom stereocenters. The van der Waals surface area contributed by atoms with Crippen molar-refractivity contribution < 1.29 is 17.2 Å². The fourth-order valence-electron chi connectivity index (χ4n) is 4.85. The maximum absolute atomic E-state index is 14.3. The van der Waals surface area contributed by atoms with Gasteiger partial charge in [0.05, 0.1) is 4.90 Å². The van der Waals surface area contributed by atoms with Gasteiger partial charge in [0.25, 0.3) is 5.89 Å². The van der Waals surface area contributed by atoms with Crippen LogP contribution < -0.4 is 10.0 Å². The van der Waals surface area contributed by atoms with Crippen LogP contribution in [0.2, 0.25) is 0 Å². The number of alkyl halides is 1. The Hall–Kier alpha value is -3.51. The summed E-state index contributed by atoms with van der Waals surface area (Å²) in [6.07, 6.45) is 4.92. The Morgan fingerprint density at radius 3 is 2.58 bits per heavy atom. The Kier molecular flexibility index (Phi) is 5.91. The van der Waals surface area contributed by atoms with E-state index in [1.807, 2.05) is 12.1 Å². The van der Waals surface area contributed by atoms with E-state index in [1.54, 1.807) is 25.3 Å². The molecule has 38 heavy (non-hydrogen) atoms. The van der Waals surface area contributed by atoms with Crippen LogP contribution in [0, 0.1) is 6.92 Å². The highest BCUT2D eigenvalue weighted by Crippen LogP contribution is 2.42. The molecular weight excluding hydrogens is 509 g/mol. The zero-order chi connectivity index (χ0) is 26.7. The average molecular weight is 538 g/mol. The van der Waals surface area contributed by atoms with Crippen LogP contribution in [0.3, 0.4) is 0 Å². The number of anilines is 1. The maximum Gasteiger partial charge on any atom is 0.268 e. The van der Waals surface area contributed by atoms with Crippen molar-refractivity contribution in [2.75, 3.05) is 11.9 Å². The summed E-state index contributed by atoms with van der Waals surface area (Å²) in [7, 11) is -3.99. The number of rotatable bonds is 8. The highest BCUT2D eigenvalue weighted by atomic mass is 32.2. The molecule has 12 heteroatoms. The van der Waals surface area contributed by atoms with E-state index >= 15 is 0 Å². The standard InChI is InChI=1S/C26H28FN7O3S/c1-14-31-34-25(37-14)21-6-7-23(33-32-21)30-18-9-16-8-17-12-28-22(15-4-5-15)11-20(17)24(19(16)10-18)38(35,36)29-13-26(2,3)27/h6-8,11-12,15,18,29H,4-5,9-10,13H2,1-3H3,(H,30,33)/t18-/m1/s1. The van der Waals surface area contributed by atoms with E-state index in [-0.39, 0.29) is 17.5 Å². The van der Waals surface area contributed by atoms with Gasteiger partial charge >= 0.3 is 0 Å². The molecule has 2 aliphatic rings. The van der Waals surface area contributed by atoms with Crippen molar-refractivity contribution in [1.82, 2.24) is 30.1 Å². The Morgan fingerprint density at radius 1 is 1.11 bits per heavy atom. The van der Waals surface area contributed by atoms with E-state index in [1.165, 1.54) is 13.8 Å². The van der Waals surface area contributed by atoms with Gasteiger partial charge in [0, 0.05) is 48.1 Å². The summed E-state index contributed by atoms with van der Waals surface area (Å²) in [5, 5.41) is 20.9. The summed E-state index contributed by atoms with van der Waals surface area (Å²) in [4.78, 5) is 4.82. The zero-order valence-electron chi connectivity index (χ0n) is 21.3. The van der Waals surface area contributed by atoms with Gasteiger partial charge in [-0.05, 0) is 74.9 Å². The van der Waals surface area contributed by atoms with E-state index in [2.05, 4.69) is 35.4 Å². The van der Waals surface area contributed by atoms with Crippen molar-refractivity contribution in [3.05, 3.63) is 53.2 Å². The lowest BCUT2D eigenvalue weighted by atomic mass is 10.0. The van der Waals surface area contributed by atoms with Crippen LogP contribution in [0.1, 0.15) is 55.3 Å². The predicted molar refractivity (Wildman–Crippen MR) is 139 cm³/mol. The van der Waals surface area contributed by atoms with Gasteiger partial charge in [-0.3, -0.25) is 4.98 Å². The van der Waals surface area contributed by atoms with E-state index < -0.39 is 15.7 Å². The monoisotopic (exact) mass is 537 g/mol. The maximum atomic E-state index is 14.3. The Balaban J connectivity index is 1.32. The topological polar surface area (TPSA) is 136 Å². The molecule has 4 aromatic rings. The molecule has 0 radical (unpaired) electrons. The summed E-state index contributed by atoms with van der Waals surface area (Å²) >= 11 is 0. The number of nitrogens with zero attached hydrogens (tertiary/aromatic N) is 5. The van der Waals surface area contributed by atoms with Gasteiger partial charge in [-0.1, -0.05) is 0 Å². The van der Waals surface area contributed by atoms with Gasteiger partial charge in [-0.2, -0.15) is 0 Å². The molecule has 1 aromatic carbocycles. The van der Waals surface area contributed by atoms with Gasteiger partial charge in [0.2, 0.25) is 15.9 Å². The number of pyridine rings is 1. The molecule has 2 aliphatic carbocycles. The van der Waals surface area contributed by atoms with E-state index in [4.69, 9.17) is 4.42 Å². The molecule has 198 valence electrons. The molecule has 0 unspecified atom stereocenters. The van der Waals surface area contributed by atoms with Crippen molar-refractivity contribution in [3.63, 3.8) is 0 Å². The zero-order valence-corrected chi connectivity index (χ0v) is 22.1. The minimum atomic E-state index is -3.99. The van der Waals surface area contributed by atoms with Crippen molar-refractivity contribution in [3.8, 4) is 11.6 Å². The molecule has 0 amide bonds. The van der Waals surface area contributed by atoms with Crippen LogP contribution in [0.4, 0.5) is 10.2 Å². The fraction of sp³-hybridized carbons (Fsp3) is 0.423. The lowest BCUT2D eigenvalue weighted by Crippen LogP contribution is -2.36. The van der Waals surface area contributed by atoms with Crippen LogP contribution >= 0.6 is 0 Å². The first-order valence-corrected chi connectivity index (χ1v) is 14.1. The first-order chi connectivity index (χ1) is 18.1. The summed E-state index contributed by atoms with van der Waals surface area (Å²) < 4.78 is 49.4. The number of aromatic nitrogens is 5. The summed E-state index contributed by atoms with van der Waals surface area (Å²) in [5.74, 6) is 1.65. The molecule has 0 spiro atoms. The number of aryl methyl sites for hydroxylation is 1. The SMILES string of the molecule is Cc1nnc(-c2ccc(N[C@@H]3Cc4cc5cnc(C6CC6)cc5c(S(=O)(=O)NCC(C)(C)F)c4C3)nn2)o1. The first kappa shape index (κ1) is 24.8. The minimum absolute atomic E-state index is 0.102. The second-order valence-corrected chi connectivity index (χ2v) is 12.4. The molecule has 0 bridgehead atoms. The minimum Gasteiger partial charge on any atom is -0.420 e. The smallest absolute Gasteiger partial charge is 0.268 e. The van der Waals surface area contributed by atoms with Crippen LogP contribution in [-0.2, 0) is 22.9 Å². The molecule has 1 fully saturated rings. The number of hydrogen-bond donors (Lipinski definition) is 2. The lowest BCUT2D eigenvalue weighted by molar-refractivity contribution is 0.221. The van der Waals surface area contributed by atoms with Crippen LogP contribution in [-0.4, -0.2) is 52.1 Å². The van der Waals surface area contributed by atoms with Gasteiger partial charge in [-0.15, -0.1) is 20.4 Å². The van der Waals surface area contributed by atoms with Crippen molar-refractivity contribution in [2.24, 2.45) is 0 Å². The highest BCUT2D eigenvalue weighted by molar-refractivity contribution is 7.89. The molecule has 3 heterocycles. The van der Waals surface area contributed by atoms with E-state index in [0.29, 0.717) is 47.4 Å². The second-order valence-electron chi connectivity index (χ2n) is 10.7. The van der Waals surface area contributed by atoms with Crippen LogP contribution in [0.5, 0.6) is 0 Å². The number of benzene rings is 1. The van der Waals surface area contributed by atoms with Gasteiger partial charge < -0.3 is 9.73 Å². The van der Waals surface area contributed by atoms with Gasteiger partial charge in [-0.25, -0.2) is 17.5 Å². The molecule has 2 N–H and O–H groups in total. The largest absolute Gasteiger partial charge is 0.420 e. The average Bonchev–Trinajstić information content (AvgIpc) is 3.51. The van der Waals surface area contributed by atoms with E-state index in [9.17, 15) is 12.8 Å². The quantitative estimate of drug-likeness (QED) is 0.343. The summed E-state index contributed by atoms with van der Waals surface area (Å²) in [6.45, 7) is 4.09. The second kappa shape index (κ2) is 9.05. The number of halogens is 1.